The number of aryl methyl sites for hydroxylation is 1. The largest absolute Gasteiger partial charge is 0.419 e. The van der Waals surface area contributed by atoms with Gasteiger partial charge >= 0.3 is 5.76 Å². The average molecular weight is 421 g/mol. The van der Waals surface area contributed by atoms with Crippen LogP contribution in [0.3, 0.4) is 0 Å². The number of pyridine rings is 1. The second-order valence-electron chi connectivity index (χ2n) is 7.62. The molecule has 9 nitrogen and oxygen atoms in total. The molecule has 1 saturated heterocycles. The number of carbonyl (C=O) groups is 1. The fourth-order valence-corrected chi connectivity index (χ4v) is 3.79. The molecular formula is C22H23N5O4. The Labute approximate surface area is 178 Å². The number of primary amides is 1. The van der Waals surface area contributed by atoms with E-state index in [0.29, 0.717) is 37.2 Å². The first-order valence-electron chi connectivity index (χ1n) is 10.1. The summed E-state index contributed by atoms with van der Waals surface area (Å²) >= 11 is 0. The first-order chi connectivity index (χ1) is 15.0. The van der Waals surface area contributed by atoms with Gasteiger partial charge in [-0.2, -0.15) is 5.26 Å². The number of carbonyl (C=O) groups excluding carboxylic acids is 1. The van der Waals surface area contributed by atoms with E-state index in [1.165, 1.54) is 4.57 Å². The second-order valence-corrected chi connectivity index (χ2v) is 7.62. The van der Waals surface area contributed by atoms with Gasteiger partial charge in [0.1, 0.15) is 12.1 Å². The Morgan fingerprint density at radius 1 is 1.39 bits per heavy atom. The fourth-order valence-electron chi connectivity index (χ4n) is 3.79. The van der Waals surface area contributed by atoms with Gasteiger partial charge in [-0.05, 0) is 36.2 Å². The number of amides is 1. The molecule has 0 spiro atoms. The standard InChI is InChI=1S/C22H23N5O4/c1-26-18-10-15(4-6-19(18)31-22(26)29)17-5-3-14(12-25-17)9-16(11-23)27-7-2-8-30-20(13-27)21(24)28/h3-6,10,12,16,20H,2,7-9,13H2,1H3,(H2,24,28)/t16-,20-/m0/s1. The van der Waals surface area contributed by atoms with Crippen molar-refractivity contribution in [2.75, 3.05) is 19.7 Å². The minimum atomic E-state index is -0.701. The highest BCUT2D eigenvalue weighted by molar-refractivity contribution is 5.80. The van der Waals surface area contributed by atoms with Gasteiger partial charge in [-0.15, -0.1) is 0 Å². The lowest BCUT2D eigenvalue weighted by Gasteiger charge is -2.26. The van der Waals surface area contributed by atoms with Crippen molar-refractivity contribution in [1.29, 1.82) is 5.26 Å². The summed E-state index contributed by atoms with van der Waals surface area (Å²) in [5.41, 5.74) is 9.16. The van der Waals surface area contributed by atoms with E-state index in [2.05, 4.69) is 11.1 Å². The summed E-state index contributed by atoms with van der Waals surface area (Å²) in [6.45, 7) is 1.42. The second kappa shape index (κ2) is 8.71. The van der Waals surface area contributed by atoms with Crippen LogP contribution in [0.1, 0.15) is 12.0 Å². The maximum absolute atomic E-state index is 11.7. The van der Waals surface area contributed by atoms with Crippen LogP contribution in [-0.4, -0.2) is 52.2 Å². The number of aromatic nitrogens is 2. The molecule has 4 rings (SSSR count). The van der Waals surface area contributed by atoms with Crippen molar-refractivity contribution in [2.45, 2.75) is 25.0 Å². The van der Waals surface area contributed by atoms with Crippen LogP contribution in [0.25, 0.3) is 22.4 Å². The molecule has 2 N–H and O–H groups in total. The summed E-state index contributed by atoms with van der Waals surface area (Å²) in [4.78, 5) is 29.7. The van der Waals surface area contributed by atoms with Gasteiger partial charge < -0.3 is 14.9 Å². The van der Waals surface area contributed by atoms with E-state index >= 15 is 0 Å². The van der Waals surface area contributed by atoms with E-state index < -0.39 is 23.8 Å². The van der Waals surface area contributed by atoms with Crippen molar-refractivity contribution in [2.24, 2.45) is 12.8 Å². The van der Waals surface area contributed by atoms with E-state index in [1.54, 1.807) is 19.3 Å². The van der Waals surface area contributed by atoms with E-state index in [9.17, 15) is 14.9 Å². The van der Waals surface area contributed by atoms with Gasteiger partial charge in [0.05, 0.1) is 17.3 Å². The number of oxazole rings is 1. The summed E-state index contributed by atoms with van der Waals surface area (Å²) in [6.07, 6.45) is 2.26. The van der Waals surface area contributed by atoms with Gasteiger partial charge in [0, 0.05) is 44.9 Å². The minimum absolute atomic E-state index is 0.308. The zero-order valence-electron chi connectivity index (χ0n) is 17.2. The van der Waals surface area contributed by atoms with E-state index in [-0.39, 0.29) is 0 Å². The first kappa shape index (κ1) is 20.8. The summed E-state index contributed by atoms with van der Waals surface area (Å²) in [6, 6.07) is 11.2. The molecule has 0 aliphatic carbocycles. The molecule has 9 heteroatoms. The van der Waals surface area contributed by atoms with Crippen LogP contribution in [0, 0.1) is 11.3 Å². The van der Waals surface area contributed by atoms with Crippen molar-refractivity contribution in [3.05, 3.63) is 52.6 Å². The third-order valence-electron chi connectivity index (χ3n) is 5.56. The molecular weight excluding hydrogens is 398 g/mol. The SMILES string of the molecule is Cn1c(=O)oc2ccc(-c3ccc(C[C@@H](C#N)N4CCCO[C@H](C(N)=O)C4)cn3)cc21. The molecule has 1 aliphatic rings. The molecule has 3 heterocycles. The zero-order valence-corrected chi connectivity index (χ0v) is 17.2. The number of benzene rings is 1. The van der Waals surface area contributed by atoms with Crippen molar-refractivity contribution < 1.29 is 13.9 Å². The topological polar surface area (TPSA) is 127 Å². The number of ether oxygens (including phenoxy) is 1. The lowest BCUT2D eigenvalue weighted by atomic mass is 10.0. The Morgan fingerprint density at radius 2 is 2.23 bits per heavy atom. The van der Waals surface area contributed by atoms with E-state index in [1.807, 2.05) is 29.2 Å². The summed E-state index contributed by atoms with van der Waals surface area (Å²) < 4.78 is 12.1. The van der Waals surface area contributed by atoms with Crippen LogP contribution in [0.15, 0.2) is 45.7 Å². The van der Waals surface area contributed by atoms with Gasteiger partial charge in [0.2, 0.25) is 5.91 Å². The summed E-state index contributed by atoms with van der Waals surface area (Å²) in [5, 5.41) is 9.71. The normalized spacial score (nSPS) is 18.4. The number of fused-ring (bicyclic) bond motifs is 1. The van der Waals surface area contributed by atoms with Crippen molar-refractivity contribution in [3.8, 4) is 17.3 Å². The Morgan fingerprint density at radius 3 is 2.94 bits per heavy atom. The summed E-state index contributed by atoms with van der Waals surface area (Å²) in [5.74, 6) is -0.919. The molecule has 2 atom stereocenters. The Kier molecular flexibility index (Phi) is 5.84. The molecule has 1 aliphatic heterocycles. The zero-order chi connectivity index (χ0) is 22.0. The Bertz CT molecular complexity index is 1190. The molecule has 0 saturated carbocycles. The first-order valence-corrected chi connectivity index (χ1v) is 10.1. The van der Waals surface area contributed by atoms with Crippen molar-refractivity contribution in [3.63, 3.8) is 0 Å². The smallest absolute Gasteiger partial charge is 0.408 e. The van der Waals surface area contributed by atoms with Gasteiger partial charge in [-0.3, -0.25) is 19.2 Å². The number of hydrogen-bond donors (Lipinski definition) is 1. The Balaban J connectivity index is 1.51. The number of rotatable bonds is 5. The van der Waals surface area contributed by atoms with Crippen LogP contribution in [0.5, 0.6) is 0 Å². The molecule has 2 aromatic heterocycles. The maximum atomic E-state index is 11.7. The number of nitriles is 1. The molecule has 1 fully saturated rings. The number of nitrogens with zero attached hydrogens (tertiary/aromatic N) is 4. The molecule has 160 valence electrons. The van der Waals surface area contributed by atoms with Crippen LogP contribution in [0.2, 0.25) is 0 Å². The van der Waals surface area contributed by atoms with E-state index in [4.69, 9.17) is 14.9 Å². The molecule has 31 heavy (non-hydrogen) atoms. The molecule has 0 bridgehead atoms. The van der Waals surface area contributed by atoms with E-state index in [0.717, 1.165) is 23.2 Å². The maximum Gasteiger partial charge on any atom is 0.419 e. The van der Waals surface area contributed by atoms with Gasteiger partial charge in [0.25, 0.3) is 0 Å². The quantitative estimate of drug-likeness (QED) is 0.656. The fraction of sp³-hybridized carbons (Fsp3) is 0.364. The predicted molar refractivity (Wildman–Crippen MR) is 113 cm³/mol. The Hall–Kier alpha value is -3.48. The van der Waals surface area contributed by atoms with Crippen LogP contribution < -0.4 is 11.5 Å². The number of nitrogens with two attached hydrogens (primary N) is 1. The molecule has 3 aromatic rings. The highest BCUT2D eigenvalue weighted by Crippen LogP contribution is 2.23. The number of hydrogen-bond acceptors (Lipinski definition) is 7. The third kappa shape index (κ3) is 4.35. The predicted octanol–water partition coefficient (Wildman–Crippen LogP) is 1.20. The molecule has 0 radical (unpaired) electrons. The monoisotopic (exact) mass is 421 g/mol. The van der Waals surface area contributed by atoms with Crippen LogP contribution in [-0.2, 0) is 23.0 Å². The van der Waals surface area contributed by atoms with Crippen LogP contribution >= 0.6 is 0 Å². The highest BCUT2D eigenvalue weighted by atomic mass is 16.5. The van der Waals surface area contributed by atoms with Gasteiger partial charge in [0.15, 0.2) is 5.58 Å². The average Bonchev–Trinajstić information content (AvgIpc) is 2.94. The van der Waals surface area contributed by atoms with Gasteiger partial charge in [-0.25, -0.2) is 4.79 Å². The lowest BCUT2D eigenvalue weighted by Crippen LogP contribution is -2.44. The highest BCUT2D eigenvalue weighted by Gasteiger charge is 2.28. The third-order valence-corrected chi connectivity index (χ3v) is 5.56. The summed E-state index contributed by atoms with van der Waals surface area (Å²) in [7, 11) is 1.66. The van der Waals surface area contributed by atoms with Crippen molar-refractivity contribution >= 4 is 17.0 Å². The van der Waals surface area contributed by atoms with Crippen molar-refractivity contribution in [1.82, 2.24) is 14.5 Å². The molecule has 1 amide bonds. The molecule has 1 aromatic carbocycles. The van der Waals surface area contributed by atoms with Crippen LogP contribution in [0.4, 0.5) is 0 Å². The van der Waals surface area contributed by atoms with Gasteiger partial charge in [-0.1, -0.05) is 6.07 Å². The minimum Gasteiger partial charge on any atom is -0.408 e. The molecule has 0 unspecified atom stereocenters. The lowest BCUT2D eigenvalue weighted by molar-refractivity contribution is -0.129.